The van der Waals surface area contributed by atoms with Crippen molar-refractivity contribution in [3.05, 3.63) is 23.2 Å². The average molecular weight is 235 g/mol. The van der Waals surface area contributed by atoms with E-state index in [1.807, 2.05) is 0 Å². The first-order valence-electron chi connectivity index (χ1n) is 6.91. The van der Waals surface area contributed by atoms with Gasteiger partial charge in [0, 0.05) is 27.9 Å². The second-order valence-corrected chi connectivity index (χ2v) is 3.02. The Balaban J connectivity index is 3.00. The highest BCUT2D eigenvalue weighted by atomic mass is 35.5. The summed E-state index contributed by atoms with van der Waals surface area (Å²) in [6, 6.07) is 2.89. The van der Waals surface area contributed by atoms with E-state index in [0.29, 0.717) is 5.75 Å². The topological polar surface area (TPSA) is 41.6 Å². The number of hydrogen-bond acceptors (Lipinski definition) is 2. The summed E-state index contributed by atoms with van der Waals surface area (Å²) in [6.07, 6.45) is 0. The molecule has 0 unspecified atom stereocenters. The molecule has 5 heteroatoms. The third kappa shape index (κ3) is 3.02. The minimum absolute atomic E-state index is 0.143. The molecular weight excluding hydrogens is 216 g/mol. The summed E-state index contributed by atoms with van der Waals surface area (Å²) < 4.78 is 47.8. The molecule has 0 aliphatic carbocycles. The first-order chi connectivity index (χ1) is 9.46. The zero-order valence-corrected chi connectivity index (χ0v) is 8.63. The molecule has 4 nitrogen and oxygen atoms in total. The summed E-state index contributed by atoms with van der Waals surface area (Å²) in [5.74, 6) is 0.359. The number of carbonyl (C=O) groups is 1. The quantitative estimate of drug-likeness (QED) is 0.854. The summed E-state index contributed by atoms with van der Waals surface area (Å²) in [6.45, 7) is -6.21. The van der Waals surface area contributed by atoms with Crippen molar-refractivity contribution in [2.24, 2.45) is 0 Å². The predicted molar refractivity (Wildman–Crippen MR) is 60.7 cm³/mol. The normalized spacial score (nSPS) is 17.2. The lowest BCUT2D eigenvalue weighted by Crippen LogP contribution is -2.27. The maximum absolute atomic E-state index is 11.9. The summed E-state index contributed by atoms with van der Waals surface area (Å²) in [5, 5.41) is 2.36. The standard InChI is InChI=1S/C10H13ClN2O2/c1-13(2)10(14)12-7-4-5-9(15-3)8(11)6-7/h4-6H,1-3H3,(H,12,14)/i1D3,2D3. The third-order valence-electron chi connectivity index (χ3n) is 1.61. The number of halogens is 1. The number of carbonyl (C=O) groups excluding carboxylic acids is 1. The lowest BCUT2D eigenvalue weighted by Gasteiger charge is -2.12. The van der Waals surface area contributed by atoms with Crippen LogP contribution in [-0.2, 0) is 0 Å². The molecule has 0 radical (unpaired) electrons. The molecular formula is C10H13ClN2O2. The van der Waals surface area contributed by atoms with Crippen molar-refractivity contribution in [3.63, 3.8) is 0 Å². The fraction of sp³-hybridized carbons (Fsp3) is 0.300. The van der Waals surface area contributed by atoms with Crippen LogP contribution in [0.4, 0.5) is 10.5 Å². The number of hydrogen-bond donors (Lipinski definition) is 1. The van der Waals surface area contributed by atoms with E-state index in [-0.39, 0.29) is 15.6 Å². The number of nitrogens with one attached hydrogen (secondary N) is 1. The van der Waals surface area contributed by atoms with Crippen molar-refractivity contribution in [1.82, 2.24) is 4.90 Å². The second-order valence-electron chi connectivity index (χ2n) is 2.61. The minimum atomic E-state index is -3.11. The molecule has 2 amide bonds. The van der Waals surface area contributed by atoms with Gasteiger partial charge in [-0.25, -0.2) is 4.79 Å². The van der Waals surface area contributed by atoms with E-state index in [4.69, 9.17) is 24.6 Å². The Hall–Kier alpha value is -1.42. The van der Waals surface area contributed by atoms with Crippen LogP contribution in [0, 0.1) is 0 Å². The van der Waals surface area contributed by atoms with Gasteiger partial charge in [-0.3, -0.25) is 0 Å². The van der Waals surface area contributed by atoms with Gasteiger partial charge in [0.1, 0.15) is 5.75 Å². The number of benzene rings is 1. The lowest BCUT2D eigenvalue weighted by atomic mass is 10.3. The molecule has 0 bridgehead atoms. The van der Waals surface area contributed by atoms with Gasteiger partial charge in [-0.05, 0) is 18.2 Å². The van der Waals surface area contributed by atoms with Crippen molar-refractivity contribution >= 4 is 23.3 Å². The van der Waals surface area contributed by atoms with E-state index in [0.717, 1.165) is 0 Å². The van der Waals surface area contributed by atoms with Crippen LogP contribution < -0.4 is 10.1 Å². The monoisotopic (exact) mass is 234 g/mol. The summed E-state index contributed by atoms with van der Waals surface area (Å²) in [4.78, 5) is 11.7. The van der Waals surface area contributed by atoms with Crippen molar-refractivity contribution in [3.8, 4) is 5.75 Å². The van der Waals surface area contributed by atoms with Gasteiger partial charge in [-0.2, -0.15) is 0 Å². The third-order valence-corrected chi connectivity index (χ3v) is 1.90. The molecule has 0 heterocycles. The molecule has 0 aliphatic heterocycles. The van der Waals surface area contributed by atoms with E-state index in [1.54, 1.807) is 0 Å². The van der Waals surface area contributed by atoms with Gasteiger partial charge in [0.05, 0.1) is 12.1 Å². The molecule has 0 saturated carbocycles. The minimum Gasteiger partial charge on any atom is -0.495 e. The molecule has 1 N–H and O–H groups in total. The fourth-order valence-corrected chi connectivity index (χ4v) is 1.18. The molecule has 1 aromatic rings. The summed E-state index contributed by atoms with van der Waals surface area (Å²) in [7, 11) is 1.41. The van der Waals surface area contributed by atoms with Gasteiger partial charge in [-0.15, -0.1) is 0 Å². The van der Waals surface area contributed by atoms with Gasteiger partial charge in [0.25, 0.3) is 0 Å². The van der Waals surface area contributed by atoms with Gasteiger partial charge < -0.3 is 15.0 Å². The van der Waals surface area contributed by atoms with Crippen molar-refractivity contribution < 1.29 is 17.8 Å². The molecule has 0 atom stereocenters. The predicted octanol–water partition coefficient (Wildman–Crippen LogP) is 2.44. The Morgan fingerprint density at radius 1 is 1.60 bits per heavy atom. The molecule has 0 saturated heterocycles. The first kappa shape index (κ1) is 5.61. The Morgan fingerprint density at radius 2 is 2.33 bits per heavy atom. The molecule has 82 valence electrons. The summed E-state index contributed by atoms with van der Waals surface area (Å²) >= 11 is 5.86. The lowest BCUT2D eigenvalue weighted by molar-refractivity contribution is 0.230. The molecule has 15 heavy (non-hydrogen) atoms. The van der Waals surface area contributed by atoms with Crippen LogP contribution in [0.15, 0.2) is 18.2 Å². The fourth-order valence-electron chi connectivity index (χ4n) is 0.924. The molecule has 0 fully saturated rings. The number of methoxy groups -OCH3 is 1. The Labute approximate surface area is 102 Å². The van der Waals surface area contributed by atoms with Crippen LogP contribution in [0.25, 0.3) is 0 Å². The second kappa shape index (κ2) is 4.89. The van der Waals surface area contributed by atoms with E-state index in [9.17, 15) is 4.79 Å². The Morgan fingerprint density at radius 3 is 2.87 bits per heavy atom. The van der Waals surface area contributed by atoms with Crippen LogP contribution in [0.5, 0.6) is 5.75 Å². The number of ether oxygens (including phenoxy) is 1. The molecule has 1 aromatic carbocycles. The number of urea groups is 1. The molecule has 1 rings (SSSR count). The van der Waals surface area contributed by atoms with Crippen LogP contribution in [0.2, 0.25) is 5.02 Å². The summed E-state index contributed by atoms with van der Waals surface area (Å²) in [5.41, 5.74) is 0.143. The van der Waals surface area contributed by atoms with Crippen LogP contribution >= 0.6 is 11.6 Å². The van der Waals surface area contributed by atoms with Crippen molar-refractivity contribution in [1.29, 1.82) is 0 Å². The van der Waals surface area contributed by atoms with Gasteiger partial charge in [0.15, 0.2) is 0 Å². The van der Waals surface area contributed by atoms with Crippen LogP contribution in [0.1, 0.15) is 8.22 Å². The SMILES string of the molecule is [2H]C([2H])([2H])N(C(=O)Nc1ccc(OC)c(Cl)c1)C([2H])([2H])[2H]. The number of nitrogens with zero attached hydrogens (tertiary/aromatic N) is 1. The van der Waals surface area contributed by atoms with Crippen molar-refractivity contribution in [2.45, 2.75) is 0 Å². The van der Waals surface area contributed by atoms with E-state index in [2.05, 4.69) is 5.32 Å². The molecule has 0 spiro atoms. The molecule has 0 aromatic heterocycles. The largest absolute Gasteiger partial charge is 0.495 e. The highest BCUT2D eigenvalue weighted by Crippen LogP contribution is 2.27. The van der Waals surface area contributed by atoms with Gasteiger partial charge in [0.2, 0.25) is 0 Å². The van der Waals surface area contributed by atoms with Gasteiger partial charge >= 0.3 is 6.03 Å². The maximum Gasteiger partial charge on any atom is 0.321 e. The average Bonchev–Trinajstić information content (AvgIpc) is 2.24. The van der Waals surface area contributed by atoms with E-state index >= 15 is 0 Å². The van der Waals surface area contributed by atoms with Crippen LogP contribution in [0.3, 0.4) is 0 Å². The number of rotatable bonds is 2. The number of amides is 2. The van der Waals surface area contributed by atoms with Crippen molar-refractivity contribution in [2.75, 3.05) is 26.4 Å². The van der Waals surface area contributed by atoms with Crippen LogP contribution in [-0.4, -0.2) is 32.0 Å². The maximum atomic E-state index is 11.9. The Bertz CT molecular complexity index is 517. The molecule has 0 aliphatic rings. The highest BCUT2D eigenvalue weighted by Gasteiger charge is 2.06. The highest BCUT2D eigenvalue weighted by molar-refractivity contribution is 6.32. The Kier molecular flexibility index (Phi) is 1.83. The number of anilines is 1. The zero-order valence-electron chi connectivity index (χ0n) is 13.9. The first-order valence-corrected chi connectivity index (χ1v) is 4.29. The smallest absolute Gasteiger partial charge is 0.321 e. The van der Waals surface area contributed by atoms with E-state index < -0.39 is 20.0 Å². The van der Waals surface area contributed by atoms with E-state index in [1.165, 1.54) is 25.3 Å². The van der Waals surface area contributed by atoms with Gasteiger partial charge in [-0.1, -0.05) is 11.6 Å². The zero-order chi connectivity index (χ0) is 16.4.